The summed E-state index contributed by atoms with van der Waals surface area (Å²) >= 11 is 1.42. The van der Waals surface area contributed by atoms with Crippen molar-refractivity contribution in [3.05, 3.63) is 40.3 Å². The molecule has 90 valence electrons. The Kier molecular flexibility index (Phi) is 4.06. The number of thiophene rings is 1. The van der Waals surface area contributed by atoms with Crippen molar-refractivity contribution < 1.29 is 0 Å². The van der Waals surface area contributed by atoms with E-state index in [4.69, 9.17) is 0 Å². The van der Waals surface area contributed by atoms with Gasteiger partial charge in [-0.05, 0) is 30.8 Å². The summed E-state index contributed by atoms with van der Waals surface area (Å²) in [5.74, 6) is 0.694. The molecule has 0 aliphatic carbocycles. The molecule has 0 aromatic carbocycles. The lowest BCUT2D eigenvalue weighted by atomic mass is 10.3. The van der Waals surface area contributed by atoms with E-state index < -0.39 is 0 Å². The minimum atomic E-state index is -0.0482. The first-order chi connectivity index (χ1) is 8.31. The summed E-state index contributed by atoms with van der Waals surface area (Å²) < 4.78 is 0.695. The van der Waals surface area contributed by atoms with Gasteiger partial charge in [0.1, 0.15) is 10.5 Å². The lowest BCUT2D eigenvalue weighted by Gasteiger charge is -2.03. The molecular formula is C12H15N3OS. The third kappa shape index (κ3) is 3.01. The zero-order chi connectivity index (χ0) is 12.1. The van der Waals surface area contributed by atoms with Crippen molar-refractivity contribution >= 4 is 21.6 Å². The lowest BCUT2D eigenvalue weighted by molar-refractivity contribution is 0.635. The molecule has 2 heterocycles. The van der Waals surface area contributed by atoms with Crippen molar-refractivity contribution in [1.82, 2.24) is 15.3 Å². The quantitative estimate of drug-likeness (QED) is 0.608. The van der Waals surface area contributed by atoms with Crippen LogP contribution >= 0.6 is 11.3 Å². The van der Waals surface area contributed by atoms with Crippen molar-refractivity contribution in [2.75, 3.05) is 6.54 Å². The van der Waals surface area contributed by atoms with Gasteiger partial charge in [-0.2, -0.15) is 0 Å². The van der Waals surface area contributed by atoms with E-state index in [1.807, 2.05) is 17.5 Å². The van der Waals surface area contributed by atoms with Gasteiger partial charge >= 0.3 is 0 Å². The fraction of sp³-hybridized carbons (Fsp3) is 0.333. The molecule has 17 heavy (non-hydrogen) atoms. The zero-order valence-corrected chi connectivity index (χ0v) is 10.3. The van der Waals surface area contributed by atoms with E-state index in [0.717, 1.165) is 24.9 Å². The molecule has 0 saturated heterocycles. The number of hydrogen-bond donors (Lipinski definition) is 2. The van der Waals surface area contributed by atoms with Gasteiger partial charge in [-0.3, -0.25) is 4.79 Å². The summed E-state index contributed by atoms with van der Waals surface area (Å²) in [7, 11) is 0. The van der Waals surface area contributed by atoms with E-state index in [0.29, 0.717) is 17.1 Å². The van der Waals surface area contributed by atoms with Crippen molar-refractivity contribution in [3.63, 3.8) is 0 Å². The summed E-state index contributed by atoms with van der Waals surface area (Å²) in [5.41, 5.74) is 0.731. The number of hydrogen-bond acceptors (Lipinski definition) is 4. The van der Waals surface area contributed by atoms with Crippen LogP contribution in [0.25, 0.3) is 10.2 Å². The van der Waals surface area contributed by atoms with Gasteiger partial charge in [0, 0.05) is 0 Å². The molecular weight excluding hydrogens is 234 g/mol. The molecule has 2 aromatic rings. The second kappa shape index (κ2) is 5.75. The van der Waals surface area contributed by atoms with Gasteiger partial charge in [-0.1, -0.05) is 6.08 Å². The Bertz CT molecular complexity index is 558. The van der Waals surface area contributed by atoms with E-state index in [9.17, 15) is 4.79 Å². The van der Waals surface area contributed by atoms with Crippen molar-refractivity contribution in [1.29, 1.82) is 0 Å². The van der Waals surface area contributed by atoms with Crippen LogP contribution in [0.5, 0.6) is 0 Å². The first-order valence-electron chi connectivity index (χ1n) is 5.59. The normalized spacial score (nSPS) is 10.8. The number of rotatable bonds is 6. The highest BCUT2D eigenvalue weighted by atomic mass is 32.1. The molecule has 0 radical (unpaired) electrons. The molecule has 2 N–H and O–H groups in total. The van der Waals surface area contributed by atoms with Gasteiger partial charge in [-0.25, -0.2) is 4.98 Å². The second-order valence-corrected chi connectivity index (χ2v) is 4.67. The molecule has 0 fully saturated rings. The summed E-state index contributed by atoms with van der Waals surface area (Å²) in [4.78, 5) is 18.8. The Balaban J connectivity index is 1.99. The second-order valence-electron chi connectivity index (χ2n) is 3.76. The molecule has 0 bridgehead atoms. The zero-order valence-electron chi connectivity index (χ0n) is 9.53. The molecule has 0 unspecified atom stereocenters. The maximum absolute atomic E-state index is 11.7. The van der Waals surface area contributed by atoms with Crippen molar-refractivity contribution in [3.8, 4) is 0 Å². The van der Waals surface area contributed by atoms with E-state index in [1.54, 1.807) is 0 Å². The fourth-order valence-electron chi connectivity index (χ4n) is 1.58. The number of aromatic nitrogens is 2. The Morgan fingerprint density at radius 1 is 1.59 bits per heavy atom. The molecule has 0 aliphatic heterocycles. The molecule has 2 rings (SSSR count). The molecule has 5 heteroatoms. The summed E-state index contributed by atoms with van der Waals surface area (Å²) in [6, 6.07) is 1.87. The Hall–Kier alpha value is -1.46. The van der Waals surface area contributed by atoms with Crippen LogP contribution in [0, 0.1) is 0 Å². The van der Waals surface area contributed by atoms with E-state index in [1.165, 1.54) is 11.3 Å². The monoisotopic (exact) mass is 249 g/mol. The standard InChI is InChI=1S/C12H15N3OS/c1-2-3-4-6-13-8-10-14-9-5-7-17-11(9)12(16)15-10/h2,5,7,13H,1,3-4,6,8H2,(H,14,15,16). The minimum absolute atomic E-state index is 0.0482. The highest BCUT2D eigenvalue weighted by Crippen LogP contribution is 2.13. The molecule has 2 aromatic heterocycles. The highest BCUT2D eigenvalue weighted by Gasteiger charge is 2.03. The van der Waals surface area contributed by atoms with E-state index in [2.05, 4.69) is 21.9 Å². The van der Waals surface area contributed by atoms with Gasteiger partial charge in [0.15, 0.2) is 0 Å². The minimum Gasteiger partial charge on any atom is -0.310 e. The predicted octanol–water partition coefficient (Wildman–Crippen LogP) is 2.04. The first-order valence-corrected chi connectivity index (χ1v) is 6.47. The van der Waals surface area contributed by atoms with Crippen LogP contribution in [-0.4, -0.2) is 16.5 Å². The Morgan fingerprint density at radius 3 is 3.29 bits per heavy atom. The first kappa shape index (κ1) is 12.0. The molecule has 0 atom stereocenters. The smallest absolute Gasteiger partial charge is 0.268 e. The number of H-pyrrole nitrogens is 1. The number of unbranched alkanes of at least 4 members (excludes halogenated alkanes) is 1. The molecule has 0 aliphatic rings. The van der Waals surface area contributed by atoms with Crippen LogP contribution in [0.15, 0.2) is 28.9 Å². The van der Waals surface area contributed by atoms with E-state index in [-0.39, 0.29) is 5.56 Å². The fourth-order valence-corrected chi connectivity index (χ4v) is 2.31. The Morgan fingerprint density at radius 2 is 2.47 bits per heavy atom. The van der Waals surface area contributed by atoms with Crippen LogP contribution in [-0.2, 0) is 6.54 Å². The van der Waals surface area contributed by atoms with Gasteiger partial charge in [-0.15, -0.1) is 17.9 Å². The van der Waals surface area contributed by atoms with Crippen LogP contribution < -0.4 is 10.9 Å². The molecule has 0 spiro atoms. The van der Waals surface area contributed by atoms with Gasteiger partial charge < -0.3 is 10.3 Å². The Labute approximate surface area is 103 Å². The maximum atomic E-state index is 11.7. The van der Waals surface area contributed by atoms with Crippen LogP contribution in [0.2, 0.25) is 0 Å². The largest absolute Gasteiger partial charge is 0.310 e. The summed E-state index contributed by atoms with van der Waals surface area (Å²) in [5, 5.41) is 5.13. The molecule has 0 saturated carbocycles. The highest BCUT2D eigenvalue weighted by molar-refractivity contribution is 7.17. The van der Waals surface area contributed by atoms with Crippen LogP contribution in [0.3, 0.4) is 0 Å². The number of aromatic amines is 1. The average Bonchev–Trinajstić information content (AvgIpc) is 2.77. The van der Waals surface area contributed by atoms with E-state index >= 15 is 0 Å². The lowest BCUT2D eigenvalue weighted by Crippen LogP contribution is -2.19. The third-order valence-electron chi connectivity index (χ3n) is 2.42. The number of allylic oxidation sites excluding steroid dienone is 1. The van der Waals surface area contributed by atoms with Crippen LogP contribution in [0.1, 0.15) is 18.7 Å². The van der Waals surface area contributed by atoms with Gasteiger partial charge in [0.05, 0.1) is 12.1 Å². The molecule has 4 nitrogen and oxygen atoms in total. The van der Waals surface area contributed by atoms with Crippen LogP contribution in [0.4, 0.5) is 0 Å². The topological polar surface area (TPSA) is 57.8 Å². The van der Waals surface area contributed by atoms with Gasteiger partial charge in [0.25, 0.3) is 5.56 Å². The maximum Gasteiger partial charge on any atom is 0.268 e. The third-order valence-corrected chi connectivity index (χ3v) is 3.32. The van der Waals surface area contributed by atoms with Gasteiger partial charge in [0.2, 0.25) is 0 Å². The van der Waals surface area contributed by atoms with Crippen molar-refractivity contribution in [2.45, 2.75) is 19.4 Å². The number of fused-ring (bicyclic) bond motifs is 1. The average molecular weight is 249 g/mol. The van der Waals surface area contributed by atoms with Crippen molar-refractivity contribution in [2.24, 2.45) is 0 Å². The number of nitrogens with zero attached hydrogens (tertiary/aromatic N) is 1. The summed E-state index contributed by atoms with van der Waals surface area (Å²) in [6.45, 7) is 5.17. The predicted molar refractivity (Wildman–Crippen MR) is 71.4 cm³/mol. The molecule has 0 amide bonds. The SMILES string of the molecule is C=CCCCNCc1nc2ccsc2c(=O)[nH]1. The number of nitrogens with one attached hydrogen (secondary N) is 2. The summed E-state index contributed by atoms with van der Waals surface area (Å²) in [6.07, 6.45) is 3.95.